The molecule has 123 heavy (non-hydrogen) atoms. The molecule has 2 aromatic rings. The van der Waals surface area contributed by atoms with Crippen molar-refractivity contribution in [3.05, 3.63) is 24.2 Å². The summed E-state index contributed by atoms with van der Waals surface area (Å²) in [7, 11) is -23.5. The first-order valence-electron chi connectivity index (χ1n) is 41.0. The topological polar surface area (TPSA) is 662 Å². The number of hydrogen-bond acceptors (Lipinski definition) is 38. The van der Waals surface area contributed by atoms with Gasteiger partial charge in [-0.05, 0) is 76.3 Å². The molecule has 0 aromatic carbocycles. The highest BCUT2D eigenvalue weighted by Crippen LogP contribution is 2.53. The van der Waals surface area contributed by atoms with Crippen LogP contribution in [0.4, 0.5) is 0 Å². The third kappa shape index (κ3) is 37.9. The van der Waals surface area contributed by atoms with Crippen molar-refractivity contribution < 1.29 is 196 Å². The van der Waals surface area contributed by atoms with Gasteiger partial charge in [-0.15, -0.1) is 0 Å². The average molecular weight is 1880 g/mol. The lowest BCUT2D eigenvalue weighted by molar-refractivity contribution is -0.270. The highest BCUT2D eigenvalue weighted by molar-refractivity contribution is 7.53. The van der Waals surface area contributed by atoms with E-state index in [2.05, 4.69) is 25.9 Å². The first-order valence-corrected chi connectivity index (χ1v) is 48.6. The van der Waals surface area contributed by atoms with E-state index in [1.54, 1.807) is 16.8 Å². The summed E-state index contributed by atoms with van der Waals surface area (Å²) in [6, 6.07) is -1.62. The zero-order valence-corrected chi connectivity index (χ0v) is 74.5. The Bertz CT molecular complexity index is 3430. The number of pyridine rings is 1. The summed E-state index contributed by atoms with van der Waals surface area (Å²) in [6.45, 7) is 1.39. The van der Waals surface area contributed by atoms with Crippen LogP contribution in [-0.2, 0) is 125 Å². The smallest absolute Gasteiger partial charge is 0.394 e. The Morgan fingerprint density at radius 1 is 0.455 bits per heavy atom. The normalized spacial score (nSPS) is 28.7. The largest absolute Gasteiger partial charge is 0.472 e. The third-order valence-electron chi connectivity index (χ3n) is 19.8. The second-order valence-corrected chi connectivity index (χ2v) is 38.6. The van der Waals surface area contributed by atoms with E-state index in [1.165, 1.54) is 40.9 Å². The molecule has 52 heteroatoms. The number of rotatable bonds is 64. The Morgan fingerprint density at radius 3 is 1.14 bits per heavy atom. The molecule has 0 aliphatic carbocycles. The van der Waals surface area contributed by atoms with E-state index in [0.29, 0.717) is 88.2 Å². The molecule has 4 fully saturated rings. The molecule has 0 radical (unpaired) electrons. The lowest BCUT2D eigenvalue weighted by Gasteiger charge is -2.42. The van der Waals surface area contributed by atoms with Gasteiger partial charge in [-0.2, -0.15) is 0 Å². The molecule has 6 heterocycles. The van der Waals surface area contributed by atoms with E-state index in [-0.39, 0.29) is 85.1 Å². The minimum absolute atomic E-state index is 0.0634. The van der Waals surface area contributed by atoms with Crippen LogP contribution < -0.4 is 16.0 Å². The van der Waals surface area contributed by atoms with Crippen LogP contribution >= 0.6 is 38.9 Å². The Labute approximate surface area is 713 Å². The van der Waals surface area contributed by atoms with Gasteiger partial charge in [-0.3, -0.25) is 59.7 Å². The summed E-state index contributed by atoms with van der Waals surface area (Å²) in [5, 5.41) is 98.8. The molecule has 47 nitrogen and oxygen atoms in total. The van der Waals surface area contributed by atoms with Gasteiger partial charge in [0.05, 0.1) is 116 Å². The van der Waals surface area contributed by atoms with Crippen molar-refractivity contribution >= 4 is 67.8 Å². The van der Waals surface area contributed by atoms with Gasteiger partial charge in [0.1, 0.15) is 90.9 Å². The summed E-state index contributed by atoms with van der Waals surface area (Å²) in [5.74, 6) is -1.55. The van der Waals surface area contributed by atoms with Crippen molar-refractivity contribution in [2.24, 2.45) is 5.41 Å². The number of phosphoric ester groups is 4. The minimum Gasteiger partial charge on any atom is -0.394 e. The van der Waals surface area contributed by atoms with Crippen LogP contribution in [0.5, 0.6) is 0 Å². The maximum atomic E-state index is 14.2. The van der Waals surface area contributed by atoms with Crippen molar-refractivity contribution in [2.45, 2.75) is 260 Å². The second kappa shape index (κ2) is 54.6. The van der Waals surface area contributed by atoms with Crippen molar-refractivity contribution in [3.63, 3.8) is 0 Å². The number of unbranched alkanes of at least 4 members (excludes halogenated alkanes) is 9. The van der Waals surface area contributed by atoms with Gasteiger partial charge < -0.3 is 138 Å². The highest BCUT2D eigenvalue weighted by atomic mass is 31.2. The number of carbonyl (C=O) groups excluding carboxylic acids is 3. The van der Waals surface area contributed by atoms with Gasteiger partial charge >= 0.3 is 38.9 Å². The molecule has 23 atom stereocenters. The number of amides is 3. The predicted octanol–water partition coefficient (Wildman–Crippen LogP) is 1.31. The molecule has 0 bridgehead atoms. The van der Waals surface area contributed by atoms with E-state index in [1.807, 2.05) is 6.92 Å². The molecule has 4 saturated heterocycles. The number of aliphatic hydroxyl groups excluding tert-OH is 9. The average Bonchev–Trinajstić information content (AvgIpc) is 1.49. The van der Waals surface area contributed by atoms with Crippen LogP contribution in [0.25, 0.3) is 11.2 Å². The summed E-state index contributed by atoms with van der Waals surface area (Å²) in [5.41, 5.74) is -0.779. The standard InChI is InChI=1S/C71H129N6O41P5/c1-46(2)119(90,91)118-51-36-56(77-45-73-57-47(3)22-23-72-67(57)77)114-55(51)40-112-123(98,99)113-44-71(41-100-24-19-33-109-120(92,93)106-30-16-10-7-13-27-103-68-58(74-48(4)81)64(87)61(84)52(37-78)115-68,42-101-25-20-34-110-121(94,95)107-31-17-11-8-14-28-104-69-59(75-49(5)82)65(88)62(85)53(38-79)116-69)43-102-26-21-35-111-122(96,97)108-32-18-12-9-15-29-105-70-60(76-50(6)83)66(89)63(86)54(39-80)117-70/h22-23,45-46,51-56,58-66,68-70,78-80,84-89H,7-21,24-44H2,1-6H3,(H,74,81)(H,75,82)(H,76,83)(H,90,91)(H,92,93)(H,94,95)(H,96,97)(H,98,99)/t51?,52?,53?,54?,55-,56-,58+,59+,60+,61+,62+,63+,64?,65?,66?,68-,69-,70-,71?/m1/s1. The maximum absolute atomic E-state index is 14.2. The first-order chi connectivity index (χ1) is 58.3. The van der Waals surface area contributed by atoms with Crippen molar-refractivity contribution in [1.29, 1.82) is 0 Å². The van der Waals surface area contributed by atoms with Gasteiger partial charge in [0.15, 0.2) is 24.5 Å². The molecular formula is C71H129N6O41P5. The highest BCUT2D eigenvalue weighted by Gasteiger charge is 2.50. The fraction of sp³-hybridized carbons (Fsp3) is 0.873. The summed E-state index contributed by atoms with van der Waals surface area (Å²) < 4.78 is 175. The van der Waals surface area contributed by atoms with Crippen LogP contribution in [0.1, 0.15) is 149 Å². The molecular weight excluding hydrogens is 1750 g/mol. The number of carbonyl (C=O) groups is 3. The van der Waals surface area contributed by atoms with Crippen LogP contribution in [0.3, 0.4) is 0 Å². The number of imidazole rings is 1. The number of aryl methyl sites for hydroxylation is 1. The quantitative estimate of drug-likeness (QED) is 0.0328. The third-order valence-corrected chi connectivity index (χ3v) is 25.7. The van der Waals surface area contributed by atoms with Gasteiger partial charge in [0, 0.05) is 73.0 Å². The summed E-state index contributed by atoms with van der Waals surface area (Å²) >= 11 is 0. The van der Waals surface area contributed by atoms with Gasteiger partial charge in [-0.1, -0.05) is 52.4 Å². The Morgan fingerprint density at radius 2 is 0.797 bits per heavy atom. The van der Waals surface area contributed by atoms with E-state index in [9.17, 15) is 108 Å². The second-order valence-electron chi connectivity index (χ2n) is 30.4. The van der Waals surface area contributed by atoms with E-state index < -0.39 is 251 Å². The lowest BCUT2D eigenvalue weighted by Crippen LogP contribution is -2.64. The van der Waals surface area contributed by atoms with Crippen molar-refractivity contribution in [3.8, 4) is 0 Å². The summed E-state index contributed by atoms with van der Waals surface area (Å²) in [6.07, 6.45) is -11.4. The van der Waals surface area contributed by atoms with Gasteiger partial charge in [-0.25, -0.2) is 28.2 Å². The molecule has 0 spiro atoms. The number of ether oxygens (including phenoxy) is 10. The molecule has 4 aliphatic heterocycles. The number of aliphatic hydroxyl groups is 9. The zero-order valence-electron chi connectivity index (χ0n) is 70.0. The predicted molar refractivity (Wildman–Crippen MR) is 426 cm³/mol. The fourth-order valence-electron chi connectivity index (χ4n) is 13.0. The Kier molecular flexibility index (Phi) is 48.2. The number of nitrogens with one attached hydrogen (secondary N) is 3. The van der Waals surface area contributed by atoms with E-state index in [0.717, 1.165) is 5.56 Å². The van der Waals surface area contributed by atoms with Crippen molar-refractivity contribution in [2.75, 3.05) is 132 Å². The molecule has 3 amide bonds. The number of aromatic nitrogens is 3. The molecule has 714 valence electrons. The maximum Gasteiger partial charge on any atom is 0.472 e. The van der Waals surface area contributed by atoms with Crippen LogP contribution in [0.2, 0.25) is 0 Å². The lowest BCUT2D eigenvalue weighted by atomic mass is 9.92. The molecule has 2 aromatic heterocycles. The van der Waals surface area contributed by atoms with E-state index in [4.69, 9.17) is 88.1 Å². The SMILES string of the molecule is CC(=O)N[C@H]1C(O)[C@@H](O)C(CO)O[C@H]1OCCCCCCOP(=O)(O)OCCCOCC(COCCCOP(=O)(O)OCCCCCCO[C@@H]1OC(CO)[C@H](O)C(O)[C@@H]1NC(C)=O)(COCCCOP(=O)(O)OCCCCCCO[C@@H]1OC(CO)[C@H](O)C(O)[C@@H]1NC(C)=O)COP(=O)(O)OC[C@H]1O[C@@H](n2cnc3c(C)ccnc32)CC1OP(=O)(O)C(C)C. The Balaban J connectivity index is 1.07. The van der Waals surface area contributed by atoms with Crippen molar-refractivity contribution in [1.82, 2.24) is 30.5 Å². The number of nitrogens with zero attached hydrogens (tertiary/aromatic N) is 3. The molecule has 0 saturated carbocycles. The molecule has 6 rings (SSSR count). The van der Waals surface area contributed by atoms with Gasteiger partial charge in [0.2, 0.25) is 17.7 Å². The van der Waals surface area contributed by atoms with Gasteiger partial charge in [0.25, 0.3) is 0 Å². The van der Waals surface area contributed by atoms with Crippen LogP contribution in [0.15, 0.2) is 18.6 Å². The summed E-state index contributed by atoms with van der Waals surface area (Å²) in [4.78, 5) is 98.4. The number of fused-ring (bicyclic) bond motifs is 1. The van der Waals surface area contributed by atoms with Crippen LogP contribution in [0, 0.1) is 12.3 Å². The number of phosphoric acid groups is 4. The Hall–Kier alpha value is -3.14. The fourth-order valence-corrected chi connectivity index (χ4v) is 17.1. The number of hydrogen-bond donors (Lipinski definition) is 17. The zero-order chi connectivity index (χ0) is 90.6. The van der Waals surface area contributed by atoms with E-state index >= 15 is 0 Å². The molecule has 17 N–H and O–H groups in total. The minimum atomic E-state index is -5.26. The molecule has 12 unspecified atom stereocenters. The monoisotopic (exact) mass is 1880 g/mol. The van der Waals surface area contributed by atoms with Crippen LogP contribution in [-0.4, -0.2) is 345 Å². The molecule has 4 aliphatic rings. The first kappa shape index (κ1) is 109.